The van der Waals surface area contributed by atoms with Crippen molar-refractivity contribution < 1.29 is 23.8 Å². The second-order valence-corrected chi connectivity index (χ2v) is 6.77. The number of thiophene rings is 1. The Labute approximate surface area is 161 Å². The van der Waals surface area contributed by atoms with Crippen LogP contribution in [0.1, 0.15) is 22.2 Å². The molecule has 26 heavy (non-hydrogen) atoms. The van der Waals surface area contributed by atoms with Gasteiger partial charge >= 0.3 is 5.97 Å². The number of carbonyl (C=O) groups excluding carboxylic acids is 2. The van der Waals surface area contributed by atoms with Crippen molar-refractivity contribution in [1.29, 1.82) is 0 Å². The summed E-state index contributed by atoms with van der Waals surface area (Å²) in [6.07, 6.45) is 0. The number of rotatable bonds is 8. The quantitative estimate of drug-likeness (QED) is 0.636. The van der Waals surface area contributed by atoms with Crippen molar-refractivity contribution in [1.82, 2.24) is 4.90 Å². The number of nitrogens with zero attached hydrogens (tertiary/aromatic N) is 1. The second kappa shape index (κ2) is 9.45. The summed E-state index contributed by atoms with van der Waals surface area (Å²) in [4.78, 5) is 26.9. The van der Waals surface area contributed by atoms with Gasteiger partial charge < -0.3 is 19.1 Å². The summed E-state index contributed by atoms with van der Waals surface area (Å²) < 4.78 is 15.7. The van der Waals surface area contributed by atoms with Gasteiger partial charge in [0, 0.05) is 11.9 Å². The number of esters is 1. The SMILES string of the molecule is CCOc1c(Cl)cc(C(=O)OCC(=O)N(C)Cc2cccs2)cc1OC. The van der Waals surface area contributed by atoms with E-state index < -0.39 is 5.97 Å². The molecule has 0 unspecified atom stereocenters. The maximum atomic E-state index is 12.2. The average molecular weight is 398 g/mol. The molecule has 2 rings (SSSR count). The zero-order chi connectivity index (χ0) is 19.1. The normalized spacial score (nSPS) is 10.3. The topological polar surface area (TPSA) is 65.1 Å². The minimum atomic E-state index is -0.661. The van der Waals surface area contributed by atoms with E-state index in [1.54, 1.807) is 18.4 Å². The molecule has 0 atom stereocenters. The Kier molecular flexibility index (Phi) is 7.29. The summed E-state index contributed by atoms with van der Waals surface area (Å²) in [5, 5.41) is 2.18. The third-order valence-electron chi connectivity index (χ3n) is 3.48. The number of halogens is 1. The number of methoxy groups -OCH3 is 1. The minimum Gasteiger partial charge on any atom is -0.493 e. The Balaban J connectivity index is 1.98. The largest absolute Gasteiger partial charge is 0.493 e. The van der Waals surface area contributed by atoms with Crippen molar-refractivity contribution in [2.75, 3.05) is 27.4 Å². The minimum absolute atomic E-state index is 0.184. The first kappa shape index (κ1) is 20.1. The molecule has 0 fully saturated rings. The molecule has 6 nitrogen and oxygen atoms in total. The molecular weight excluding hydrogens is 378 g/mol. The summed E-state index contributed by atoms with van der Waals surface area (Å²) in [7, 11) is 3.11. The second-order valence-electron chi connectivity index (χ2n) is 5.33. The number of amides is 1. The van der Waals surface area contributed by atoms with Crippen LogP contribution in [0.2, 0.25) is 5.02 Å². The number of carbonyl (C=O) groups is 2. The molecule has 0 radical (unpaired) electrons. The molecule has 0 N–H and O–H groups in total. The zero-order valence-corrected chi connectivity index (χ0v) is 16.4. The maximum Gasteiger partial charge on any atom is 0.338 e. The molecule has 1 amide bonds. The van der Waals surface area contributed by atoms with Crippen LogP contribution in [-0.4, -0.2) is 44.1 Å². The smallest absolute Gasteiger partial charge is 0.338 e. The highest BCUT2D eigenvalue weighted by molar-refractivity contribution is 7.09. The number of likely N-dealkylation sites (N-methyl/N-ethyl adjacent to an activating group) is 1. The fourth-order valence-electron chi connectivity index (χ4n) is 2.17. The molecule has 0 saturated carbocycles. The van der Waals surface area contributed by atoms with Gasteiger partial charge in [0.15, 0.2) is 18.1 Å². The van der Waals surface area contributed by atoms with Crippen LogP contribution in [0.25, 0.3) is 0 Å². The van der Waals surface area contributed by atoms with E-state index in [-0.39, 0.29) is 23.1 Å². The molecule has 0 aliphatic heterocycles. The first-order valence-corrected chi connectivity index (χ1v) is 9.15. The van der Waals surface area contributed by atoms with E-state index in [4.69, 9.17) is 25.8 Å². The van der Waals surface area contributed by atoms with Gasteiger partial charge in [-0.1, -0.05) is 17.7 Å². The Hall–Kier alpha value is -2.25. The molecule has 0 spiro atoms. The molecule has 0 saturated heterocycles. The summed E-state index contributed by atoms with van der Waals surface area (Å²) in [6.45, 7) is 2.34. The van der Waals surface area contributed by atoms with Gasteiger partial charge in [0.1, 0.15) is 0 Å². The average Bonchev–Trinajstić information content (AvgIpc) is 3.13. The summed E-state index contributed by atoms with van der Waals surface area (Å²) in [6, 6.07) is 6.76. The van der Waals surface area contributed by atoms with E-state index >= 15 is 0 Å². The van der Waals surface area contributed by atoms with E-state index in [9.17, 15) is 9.59 Å². The van der Waals surface area contributed by atoms with E-state index in [1.165, 1.54) is 24.1 Å². The Bertz CT molecular complexity index is 763. The van der Waals surface area contributed by atoms with Crippen molar-refractivity contribution in [3.05, 3.63) is 45.1 Å². The molecule has 0 aliphatic carbocycles. The van der Waals surface area contributed by atoms with Crippen LogP contribution in [0.4, 0.5) is 0 Å². The van der Waals surface area contributed by atoms with Crippen LogP contribution < -0.4 is 9.47 Å². The van der Waals surface area contributed by atoms with Crippen LogP contribution in [0, 0.1) is 0 Å². The van der Waals surface area contributed by atoms with E-state index in [0.29, 0.717) is 24.7 Å². The fraction of sp³-hybridized carbons (Fsp3) is 0.333. The van der Waals surface area contributed by atoms with Crippen LogP contribution in [-0.2, 0) is 16.1 Å². The highest BCUT2D eigenvalue weighted by atomic mass is 35.5. The highest BCUT2D eigenvalue weighted by Gasteiger charge is 2.18. The Morgan fingerprint density at radius 2 is 2.08 bits per heavy atom. The molecular formula is C18H20ClNO5S. The van der Waals surface area contributed by atoms with Crippen molar-refractivity contribution in [2.24, 2.45) is 0 Å². The van der Waals surface area contributed by atoms with Gasteiger partial charge in [-0.3, -0.25) is 4.79 Å². The number of hydrogen-bond donors (Lipinski definition) is 0. The molecule has 140 valence electrons. The van der Waals surface area contributed by atoms with Crippen molar-refractivity contribution in [2.45, 2.75) is 13.5 Å². The number of ether oxygens (including phenoxy) is 3. The molecule has 1 heterocycles. The lowest BCUT2D eigenvalue weighted by Gasteiger charge is -2.16. The highest BCUT2D eigenvalue weighted by Crippen LogP contribution is 2.36. The van der Waals surface area contributed by atoms with Crippen LogP contribution in [0.3, 0.4) is 0 Å². The third-order valence-corrected chi connectivity index (χ3v) is 4.62. The molecule has 8 heteroatoms. The molecule has 1 aromatic heterocycles. The standard InChI is InChI=1S/C18H20ClNO5S/c1-4-24-17-14(19)8-12(9-15(17)23-3)18(22)25-11-16(21)20(2)10-13-6-5-7-26-13/h5-9H,4,10-11H2,1-3H3. The number of benzene rings is 1. The Morgan fingerprint density at radius 1 is 1.31 bits per heavy atom. The predicted molar refractivity (Wildman–Crippen MR) is 100 cm³/mol. The van der Waals surface area contributed by atoms with E-state index in [2.05, 4.69) is 0 Å². The first-order valence-electron chi connectivity index (χ1n) is 7.90. The fourth-order valence-corrected chi connectivity index (χ4v) is 3.19. The lowest BCUT2D eigenvalue weighted by Crippen LogP contribution is -2.30. The summed E-state index contributed by atoms with van der Waals surface area (Å²) in [5.74, 6) is -0.269. The van der Waals surface area contributed by atoms with Gasteiger partial charge in [-0.15, -0.1) is 11.3 Å². The summed E-state index contributed by atoms with van der Waals surface area (Å²) in [5.41, 5.74) is 0.184. The first-order chi connectivity index (χ1) is 12.5. The zero-order valence-electron chi connectivity index (χ0n) is 14.8. The van der Waals surface area contributed by atoms with Crippen LogP contribution in [0.15, 0.2) is 29.6 Å². The van der Waals surface area contributed by atoms with E-state index in [1.807, 2.05) is 24.4 Å². The molecule has 1 aromatic carbocycles. The lowest BCUT2D eigenvalue weighted by atomic mass is 10.2. The van der Waals surface area contributed by atoms with Crippen molar-refractivity contribution >= 4 is 34.8 Å². The molecule has 0 aliphatic rings. The number of hydrogen-bond acceptors (Lipinski definition) is 6. The summed E-state index contributed by atoms with van der Waals surface area (Å²) >= 11 is 7.70. The molecule has 0 bridgehead atoms. The van der Waals surface area contributed by atoms with Gasteiger partial charge in [0.2, 0.25) is 0 Å². The maximum absolute atomic E-state index is 12.2. The van der Waals surface area contributed by atoms with Gasteiger partial charge in [-0.05, 0) is 30.5 Å². The third kappa shape index (κ3) is 5.12. The van der Waals surface area contributed by atoms with Gasteiger partial charge in [0.05, 0.1) is 30.8 Å². The predicted octanol–water partition coefficient (Wildman–Crippen LogP) is 3.62. The van der Waals surface area contributed by atoms with Crippen LogP contribution >= 0.6 is 22.9 Å². The van der Waals surface area contributed by atoms with Gasteiger partial charge in [-0.2, -0.15) is 0 Å². The van der Waals surface area contributed by atoms with Crippen molar-refractivity contribution in [3.8, 4) is 11.5 Å². The lowest BCUT2D eigenvalue weighted by molar-refractivity contribution is -0.133. The van der Waals surface area contributed by atoms with Crippen molar-refractivity contribution in [3.63, 3.8) is 0 Å². The van der Waals surface area contributed by atoms with E-state index in [0.717, 1.165) is 4.88 Å². The monoisotopic (exact) mass is 397 g/mol. The van der Waals surface area contributed by atoms with Gasteiger partial charge in [-0.25, -0.2) is 4.79 Å². The molecule has 2 aromatic rings. The Morgan fingerprint density at radius 3 is 2.69 bits per heavy atom. The van der Waals surface area contributed by atoms with Crippen LogP contribution in [0.5, 0.6) is 11.5 Å². The van der Waals surface area contributed by atoms with Gasteiger partial charge in [0.25, 0.3) is 5.91 Å².